The fraction of sp³-hybridized carbons (Fsp3) is 0.579. The Labute approximate surface area is 155 Å². The van der Waals surface area contributed by atoms with Crippen molar-refractivity contribution in [2.75, 3.05) is 31.5 Å². The molecular formula is C19H28ClN3O2. The number of nitrogens with zero attached hydrogens (tertiary/aromatic N) is 1. The van der Waals surface area contributed by atoms with Crippen LogP contribution in [0.15, 0.2) is 18.2 Å². The van der Waals surface area contributed by atoms with E-state index in [0.29, 0.717) is 11.5 Å². The van der Waals surface area contributed by atoms with Crippen molar-refractivity contribution in [3.63, 3.8) is 0 Å². The summed E-state index contributed by atoms with van der Waals surface area (Å²) in [4.78, 5) is 26.9. The third-order valence-corrected chi connectivity index (χ3v) is 5.11. The molecule has 0 saturated carbocycles. The fourth-order valence-corrected chi connectivity index (χ4v) is 3.61. The van der Waals surface area contributed by atoms with Gasteiger partial charge in [-0.3, -0.25) is 9.59 Å². The molecule has 0 aliphatic carbocycles. The van der Waals surface area contributed by atoms with Crippen LogP contribution in [0.3, 0.4) is 0 Å². The van der Waals surface area contributed by atoms with E-state index in [4.69, 9.17) is 0 Å². The van der Waals surface area contributed by atoms with Crippen LogP contribution in [0, 0.1) is 18.8 Å². The molecule has 2 unspecified atom stereocenters. The zero-order valence-corrected chi connectivity index (χ0v) is 15.8. The van der Waals surface area contributed by atoms with Crippen molar-refractivity contribution in [1.82, 2.24) is 10.2 Å². The van der Waals surface area contributed by atoms with Crippen molar-refractivity contribution in [2.24, 2.45) is 11.8 Å². The second-order valence-electron chi connectivity index (χ2n) is 7.21. The number of carbonyl (C=O) groups excluding carboxylic acids is 2. The Bertz CT molecular complexity index is 629. The van der Waals surface area contributed by atoms with Crippen molar-refractivity contribution in [2.45, 2.75) is 33.1 Å². The summed E-state index contributed by atoms with van der Waals surface area (Å²) in [6, 6.07) is 5.58. The van der Waals surface area contributed by atoms with Gasteiger partial charge in [0.25, 0.3) is 5.91 Å². The summed E-state index contributed by atoms with van der Waals surface area (Å²) in [5, 5.41) is 6.21. The number of anilines is 1. The van der Waals surface area contributed by atoms with Gasteiger partial charge in [-0.25, -0.2) is 0 Å². The molecule has 0 radical (unpaired) electrons. The third-order valence-electron chi connectivity index (χ3n) is 5.11. The highest BCUT2D eigenvalue weighted by Crippen LogP contribution is 2.22. The van der Waals surface area contributed by atoms with Crippen LogP contribution in [0.1, 0.15) is 42.1 Å². The Balaban J connectivity index is 0.00000225. The number of likely N-dealkylation sites (tertiary alicyclic amines) is 1. The van der Waals surface area contributed by atoms with Crippen LogP contribution >= 0.6 is 12.4 Å². The van der Waals surface area contributed by atoms with Crippen molar-refractivity contribution in [3.8, 4) is 0 Å². The molecule has 25 heavy (non-hydrogen) atoms. The molecule has 138 valence electrons. The van der Waals surface area contributed by atoms with Crippen molar-refractivity contribution >= 4 is 29.9 Å². The normalized spacial score (nSPS) is 23.0. The molecule has 6 heteroatoms. The van der Waals surface area contributed by atoms with Gasteiger partial charge in [-0.2, -0.15) is 0 Å². The molecule has 0 spiro atoms. The van der Waals surface area contributed by atoms with Gasteiger partial charge < -0.3 is 15.5 Å². The molecule has 2 atom stereocenters. The number of benzene rings is 1. The number of aryl methyl sites for hydroxylation is 1. The number of amides is 2. The molecular weight excluding hydrogens is 338 g/mol. The lowest BCUT2D eigenvalue weighted by atomic mass is 9.99. The van der Waals surface area contributed by atoms with Crippen LogP contribution in [0.2, 0.25) is 0 Å². The Hall–Kier alpha value is -1.59. The summed E-state index contributed by atoms with van der Waals surface area (Å²) < 4.78 is 0. The van der Waals surface area contributed by atoms with Crippen LogP contribution in [0.5, 0.6) is 0 Å². The predicted octanol–water partition coefficient (Wildman–Crippen LogP) is 2.84. The van der Waals surface area contributed by atoms with Crippen LogP contribution in [0.4, 0.5) is 5.69 Å². The van der Waals surface area contributed by atoms with Gasteiger partial charge in [-0.05, 0) is 62.4 Å². The average molecular weight is 366 g/mol. The maximum Gasteiger partial charge on any atom is 0.253 e. The maximum atomic E-state index is 12.7. The van der Waals surface area contributed by atoms with E-state index in [-0.39, 0.29) is 30.1 Å². The van der Waals surface area contributed by atoms with Gasteiger partial charge in [0, 0.05) is 30.9 Å². The van der Waals surface area contributed by atoms with E-state index in [1.807, 2.05) is 30.0 Å². The van der Waals surface area contributed by atoms with Gasteiger partial charge in [-0.15, -0.1) is 12.4 Å². The highest BCUT2D eigenvalue weighted by atomic mass is 35.5. The first kappa shape index (κ1) is 19.7. The summed E-state index contributed by atoms with van der Waals surface area (Å²) in [6.45, 7) is 7.47. The van der Waals surface area contributed by atoms with E-state index in [1.54, 1.807) is 0 Å². The second kappa shape index (κ2) is 8.68. The lowest BCUT2D eigenvalue weighted by molar-refractivity contribution is -0.119. The molecule has 1 aromatic rings. The van der Waals surface area contributed by atoms with E-state index < -0.39 is 0 Å². The Morgan fingerprint density at radius 3 is 2.72 bits per heavy atom. The van der Waals surface area contributed by atoms with Crippen LogP contribution in [0.25, 0.3) is 0 Å². The molecule has 2 amide bonds. The highest BCUT2D eigenvalue weighted by molar-refractivity contribution is 5.97. The van der Waals surface area contributed by atoms with Crippen molar-refractivity contribution < 1.29 is 9.59 Å². The van der Waals surface area contributed by atoms with E-state index in [9.17, 15) is 9.59 Å². The Morgan fingerprint density at radius 1 is 1.28 bits per heavy atom. The van der Waals surface area contributed by atoms with Gasteiger partial charge >= 0.3 is 0 Å². The zero-order valence-electron chi connectivity index (χ0n) is 15.0. The van der Waals surface area contributed by atoms with Crippen molar-refractivity contribution in [3.05, 3.63) is 29.3 Å². The average Bonchev–Trinajstić information content (AvgIpc) is 3.10. The lowest BCUT2D eigenvalue weighted by Gasteiger charge is -2.31. The second-order valence-corrected chi connectivity index (χ2v) is 7.21. The van der Waals surface area contributed by atoms with Gasteiger partial charge in [-0.1, -0.05) is 6.92 Å². The number of halogens is 1. The molecule has 1 aromatic carbocycles. The number of hydrogen-bond donors (Lipinski definition) is 2. The standard InChI is InChI=1S/C19H27N3O2.ClH/c1-13-4-3-9-22(12-13)19(24)15-5-6-17(14(2)10-15)21-18(23)16-7-8-20-11-16;/h5-6,10,13,16,20H,3-4,7-9,11-12H2,1-2H3,(H,21,23);1H. The zero-order chi connectivity index (χ0) is 17.1. The predicted molar refractivity (Wildman–Crippen MR) is 102 cm³/mol. The first-order valence-electron chi connectivity index (χ1n) is 8.96. The van der Waals surface area contributed by atoms with Gasteiger partial charge in [0.05, 0.1) is 5.92 Å². The van der Waals surface area contributed by atoms with Crippen LogP contribution in [-0.4, -0.2) is 42.9 Å². The molecule has 2 aliphatic heterocycles. The first-order chi connectivity index (χ1) is 11.5. The minimum absolute atomic E-state index is 0. The Kier molecular flexibility index (Phi) is 6.85. The van der Waals surface area contributed by atoms with E-state index in [2.05, 4.69) is 17.6 Å². The molecule has 0 aromatic heterocycles. The summed E-state index contributed by atoms with van der Waals surface area (Å²) in [6.07, 6.45) is 3.16. The molecule has 2 fully saturated rings. The minimum atomic E-state index is 0. The third kappa shape index (κ3) is 4.73. The lowest BCUT2D eigenvalue weighted by Crippen LogP contribution is -2.39. The molecule has 2 N–H and O–H groups in total. The van der Waals surface area contributed by atoms with Crippen LogP contribution in [-0.2, 0) is 4.79 Å². The number of rotatable bonds is 3. The maximum absolute atomic E-state index is 12.7. The van der Waals surface area contributed by atoms with Gasteiger partial charge in [0.1, 0.15) is 0 Å². The summed E-state index contributed by atoms with van der Waals surface area (Å²) in [5.74, 6) is 0.775. The van der Waals surface area contributed by atoms with E-state index in [0.717, 1.165) is 50.3 Å². The van der Waals surface area contributed by atoms with Gasteiger partial charge in [0.2, 0.25) is 5.91 Å². The molecule has 2 heterocycles. The molecule has 5 nitrogen and oxygen atoms in total. The van der Waals surface area contributed by atoms with Crippen molar-refractivity contribution in [1.29, 1.82) is 0 Å². The minimum Gasteiger partial charge on any atom is -0.338 e. The van der Waals surface area contributed by atoms with Crippen LogP contribution < -0.4 is 10.6 Å². The largest absolute Gasteiger partial charge is 0.338 e. The number of nitrogens with one attached hydrogen (secondary N) is 2. The summed E-state index contributed by atoms with van der Waals surface area (Å²) in [5.41, 5.74) is 2.45. The smallest absolute Gasteiger partial charge is 0.253 e. The summed E-state index contributed by atoms with van der Waals surface area (Å²) >= 11 is 0. The number of carbonyl (C=O) groups is 2. The number of hydrogen-bond acceptors (Lipinski definition) is 3. The number of piperidine rings is 1. The SMILES string of the molecule is Cc1cc(C(=O)N2CCCC(C)C2)ccc1NC(=O)C1CCNC1.Cl. The quantitative estimate of drug-likeness (QED) is 0.865. The van der Waals surface area contributed by atoms with E-state index >= 15 is 0 Å². The fourth-order valence-electron chi connectivity index (χ4n) is 3.61. The molecule has 2 saturated heterocycles. The first-order valence-corrected chi connectivity index (χ1v) is 8.96. The highest BCUT2D eigenvalue weighted by Gasteiger charge is 2.24. The van der Waals surface area contributed by atoms with E-state index in [1.165, 1.54) is 6.42 Å². The molecule has 3 rings (SSSR count). The Morgan fingerprint density at radius 2 is 2.08 bits per heavy atom. The molecule has 0 bridgehead atoms. The summed E-state index contributed by atoms with van der Waals surface area (Å²) in [7, 11) is 0. The monoisotopic (exact) mass is 365 g/mol. The molecule has 2 aliphatic rings. The topological polar surface area (TPSA) is 61.4 Å². The van der Waals surface area contributed by atoms with Gasteiger partial charge in [0.15, 0.2) is 0 Å².